The molecule has 13 heteroatoms. The van der Waals surface area contributed by atoms with Crippen LogP contribution in [0.1, 0.15) is 54.6 Å². The Bertz CT molecular complexity index is 1660. The van der Waals surface area contributed by atoms with Crippen LogP contribution in [-0.4, -0.2) is 50.5 Å². The monoisotopic (exact) mass is 554 g/mol. The summed E-state index contributed by atoms with van der Waals surface area (Å²) in [5.41, 5.74) is 3.83. The summed E-state index contributed by atoms with van der Waals surface area (Å²) < 4.78 is 56.8. The third-order valence-electron chi connectivity index (χ3n) is 6.66. The van der Waals surface area contributed by atoms with Gasteiger partial charge in [-0.1, -0.05) is 12.1 Å². The van der Waals surface area contributed by atoms with Gasteiger partial charge in [0, 0.05) is 30.1 Å². The van der Waals surface area contributed by atoms with Gasteiger partial charge in [0.15, 0.2) is 5.69 Å². The van der Waals surface area contributed by atoms with E-state index in [0.29, 0.717) is 24.2 Å². The first-order valence-electron chi connectivity index (χ1n) is 12.2. The standard InChI is InChI=1S/C27H22F4N6O3/c1-14-22(34-25(39)19-12-21(24(32)38)33-20-11-17(28)7-8-18(19)20)23(27(29,30)31)35-37(14)13-15-3-5-16(6-4-15)26(40)36-9-2-10-36/h3-8,11-12H,2,9-10,13H2,1H3,(H2,32,38)(H,34,39). The molecule has 40 heavy (non-hydrogen) atoms. The number of halogens is 4. The van der Waals surface area contributed by atoms with E-state index < -0.39 is 35.2 Å². The lowest BCUT2D eigenvalue weighted by Gasteiger charge is -2.30. The van der Waals surface area contributed by atoms with Crippen LogP contribution in [0, 0.1) is 12.7 Å². The average Bonchev–Trinajstić information content (AvgIpc) is 3.17. The molecule has 0 aliphatic carbocycles. The number of benzene rings is 2. The molecule has 3 amide bonds. The fraction of sp³-hybridized carbons (Fsp3) is 0.222. The molecular formula is C27H22F4N6O3. The smallest absolute Gasteiger partial charge is 0.364 e. The third-order valence-corrected chi connectivity index (χ3v) is 6.66. The maximum atomic E-state index is 14.0. The fourth-order valence-corrected chi connectivity index (χ4v) is 4.37. The molecule has 0 unspecified atom stereocenters. The zero-order valence-electron chi connectivity index (χ0n) is 21.1. The number of amides is 3. The minimum absolute atomic E-state index is 0.0148. The Hall–Kier alpha value is -4.81. The van der Waals surface area contributed by atoms with Crippen LogP contribution in [0.4, 0.5) is 23.2 Å². The summed E-state index contributed by atoms with van der Waals surface area (Å²) in [5, 5.41) is 6.09. The summed E-state index contributed by atoms with van der Waals surface area (Å²) in [5.74, 6) is -2.80. The lowest BCUT2D eigenvalue weighted by Crippen LogP contribution is -2.41. The molecule has 1 saturated heterocycles. The summed E-state index contributed by atoms with van der Waals surface area (Å²) >= 11 is 0. The number of alkyl halides is 3. The van der Waals surface area contributed by atoms with Gasteiger partial charge in [-0.2, -0.15) is 18.3 Å². The second-order valence-electron chi connectivity index (χ2n) is 9.34. The topological polar surface area (TPSA) is 123 Å². The van der Waals surface area contributed by atoms with Crippen molar-refractivity contribution in [1.82, 2.24) is 19.7 Å². The normalized spacial score (nSPS) is 13.3. The van der Waals surface area contributed by atoms with Crippen molar-refractivity contribution in [2.45, 2.75) is 26.1 Å². The van der Waals surface area contributed by atoms with Gasteiger partial charge >= 0.3 is 6.18 Å². The van der Waals surface area contributed by atoms with E-state index in [9.17, 15) is 31.9 Å². The van der Waals surface area contributed by atoms with Crippen LogP contribution in [0.2, 0.25) is 0 Å². The largest absolute Gasteiger partial charge is 0.437 e. The molecule has 2 aromatic carbocycles. The van der Waals surface area contributed by atoms with Crippen molar-refractivity contribution in [2.75, 3.05) is 18.4 Å². The predicted molar refractivity (Wildman–Crippen MR) is 136 cm³/mol. The molecular weight excluding hydrogens is 532 g/mol. The van der Waals surface area contributed by atoms with Crippen LogP contribution in [0.15, 0.2) is 48.5 Å². The highest BCUT2D eigenvalue weighted by Gasteiger charge is 2.39. The molecule has 0 spiro atoms. The Morgan fingerprint density at radius 3 is 2.35 bits per heavy atom. The van der Waals surface area contributed by atoms with Crippen LogP contribution in [0.3, 0.4) is 0 Å². The number of anilines is 1. The first kappa shape index (κ1) is 26.8. The number of hydrogen-bond donors (Lipinski definition) is 2. The van der Waals surface area contributed by atoms with Gasteiger partial charge in [0.1, 0.15) is 11.5 Å². The predicted octanol–water partition coefficient (Wildman–Crippen LogP) is 4.14. The molecule has 0 saturated carbocycles. The molecule has 206 valence electrons. The highest BCUT2D eigenvalue weighted by atomic mass is 19.4. The van der Waals surface area contributed by atoms with Gasteiger partial charge in [-0.25, -0.2) is 9.37 Å². The lowest BCUT2D eigenvalue weighted by atomic mass is 10.1. The van der Waals surface area contributed by atoms with Crippen LogP contribution < -0.4 is 11.1 Å². The van der Waals surface area contributed by atoms with Crippen molar-refractivity contribution < 1.29 is 31.9 Å². The second kappa shape index (κ2) is 10.1. The summed E-state index contributed by atoms with van der Waals surface area (Å²) in [6, 6.07) is 10.8. The van der Waals surface area contributed by atoms with Crippen molar-refractivity contribution in [3.8, 4) is 0 Å². The number of carbonyl (C=O) groups excluding carboxylic acids is 3. The average molecular weight is 555 g/mol. The van der Waals surface area contributed by atoms with Crippen LogP contribution in [0.5, 0.6) is 0 Å². The summed E-state index contributed by atoms with van der Waals surface area (Å²) in [4.78, 5) is 43.0. The minimum Gasteiger partial charge on any atom is -0.364 e. The fourth-order valence-electron chi connectivity index (χ4n) is 4.37. The van der Waals surface area contributed by atoms with E-state index in [4.69, 9.17) is 5.73 Å². The Labute approximate surface area is 224 Å². The molecule has 0 atom stereocenters. The Kier molecular flexibility index (Phi) is 6.74. The van der Waals surface area contributed by atoms with Crippen molar-refractivity contribution in [2.24, 2.45) is 5.73 Å². The van der Waals surface area contributed by atoms with Crippen LogP contribution in [-0.2, 0) is 12.7 Å². The van der Waals surface area contributed by atoms with E-state index in [-0.39, 0.29) is 40.3 Å². The summed E-state index contributed by atoms with van der Waals surface area (Å²) in [6.07, 6.45) is -3.96. The first-order chi connectivity index (χ1) is 18.9. The number of aromatic nitrogens is 3. The summed E-state index contributed by atoms with van der Waals surface area (Å²) in [6.45, 7) is 2.69. The molecule has 1 aliphatic heterocycles. The van der Waals surface area contributed by atoms with Crippen LogP contribution in [0.25, 0.3) is 10.9 Å². The maximum Gasteiger partial charge on any atom is 0.437 e. The minimum atomic E-state index is -4.91. The quantitative estimate of drug-likeness (QED) is 0.347. The molecule has 2 aromatic heterocycles. The van der Waals surface area contributed by atoms with Gasteiger partial charge in [0.2, 0.25) is 0 Å². The number of hydrogen-bond acceptors (Lipinski definition) is 5. The second-order valence-corrected chi connectivity index (χ2v) is 9.34. The van der Waals surface area contributed by atoms with Gasteiger partial charge in [0.05, 0.1) is 29.0 Å². The molecule has 9 nitrogen and oxygen atoms in total. The van der Waals surface area contributed by atoms with E-state index in [1.165, 1.54) is 13.0 Å². The molecule has 5 rings (SSSR count). The number of nitrogens with zero attached hydrogens (tertiary/aromatic N) is 4. The molecule has 4 aromatic rings. The number of nitrogens with two attached hydrogens (primary N) is 1. The Morgan fingerprint density at radius 2 is 1.75 bits per heavy atom. The van der Waals surface area contributed by atoms with Crippen molar-refractivity contribution in [3.05, 3.63) is 88.1 Å². The number of fused-ring (bicyclic) bond motifs is 1. The molecule has 0 bridgehead atoms. The molecule has 3 heterocycles. The van der Waals surface area contributed by atoms with Crippen molar-refractivity contribution in [3.63, 3.8) is 0 Å². The van der Waals surface area contributed by atoms with Gasteiger partial charge in [-0.15, -0.1) is 0 Å². The van der Waals surface area contributed by atoms with Crippen molar-refractivity contribution in [1.29, 1.82) is 0 Å². The van der Waals surface area contributed by atoms with E-state index in [1.807, 2.05) is 0 Å². The SMILES string of the molecule is Cc1c(NC(=O)c2cc(C(N)=O)nc3cc(F)ccc23)c(C(F)(F)F)nn1Cc1ccc(C(=O)N2CCC2)cc1. The molecule has 0 radical (unpaired) electrons. The Balaban J connectivity index is 1.47. The van der Waals surface area contributed by atoms with Gasteiger partial charge < -0.3 is 16.0 Å². The zero-order valence-corrected chi connectivity index (χ0v) is 21.1. The highest BCUT2D eigenvalue weighted by Crippen LogP contribution is 2.36. The number of carbonyl (C=O) groups is 3. The number of primary amides is 1. The molecule has 1 fully saturated rings. The molecule has 3 N–H and O–H groups in total. The van der Waals surface area contributed by atoms with E-state index in [1.54, 1.807) is 29.2 Å². The number of pyridine rings is 1. The van der Waals surface area contributed by atoms with E-state index >= 15 is 0 Å². The van der Waals surface area contributed by atoms with Crippen molar-refractivity contribution >= 4 is 34.3 Å². The first-order valence-corrected chi connectivity index (χ1v) is 12.2. The number of likely N-dealkylation sites (tertiary alicyclic amines) is 1. The summed E-state index contributed by atoms with van der Waals surface area (Å²) in [7, 11) is 0. The Morgan fingerprint density at radius 1 is 1.05 bits per heavy atom. The van der Waals surface area contributed by atoms with Gasteiger partial charge in [-0.3, -0.25) is 19.1 Å². The zero-order chi connectivity index (χ0) is 28.8. The number of rotatable bonds is 6. The highest BCUT2D eigenvalue weighted by molar-refractivity contribution is 6.14. The third kappa shape index (κ3) is 5.09. The molecule has 1 aliphatic rings. The maximum absolute atomic E-state index is 14.0. The van der Waals surface area contributed by atoms with Gasteiger partial charge in [-0.05, 0) is 49.2 Å². The van der Waals surface area contributed by atoms with E-state index in [0.717, 1.165) is 29.3 Å². The van der Waals surface area contributed by atoms with Crippen LogP contribution >= 0.6 is 0 Å². The van der Waals surface area contributed by atoms with E-state index in [2.05, 4.69) is 15.4 Å². The number of nitrogens with one attached hydrogen (secondary N) is 1. The van der Waals surface area contributed by atoms with Gasteiger partial charge in [0.25, 0.3) is 17.7 Å². The lowest BCUT2D eigenvalue weighted by molar-refractivity contribution is -0.140.